The third kappa shape index (κ3) is 2.49. The van der Waals surface area contributed by atoms with Crippen LogP contribution in [-0.2, 0) is 9.31 Å². The molecule has 0 atom stereocenters. The largest absolute Gasteiger partial charge is 0.494 e. The highest BCUT2D eigenvalue weighted by atomic mass is 35.5. The maximum absolute atomic E-state index is 5.98. The van der Waals surface area contributed by atoms with Crippen molar-refractivity contribution in [3.8, 4) is 0 Å². The van der Waals surface area contributed by atoms with Crippen LogP contribution in [0.4, 0.5) is 0 Å². The monoisotopic (exact) mass is 264 g/mol. The van der Waals surface area contributed by atoms with Crippen LogP contribution >= 0.6 is 11.6 Å². The van der Waals surface area contributed by atoms with E-state index < -0.39 is 0 Å². The molecule has 1 heterocycles. The molecule has 2 rings (SSSR count). The summed E-state index contributed by atoms with van der Waals surface area (Å²) in [7, 11) is -0.302. The van der Waals surface area contributed by atoms with Gasteiger partial charge in [-0.3, -0.25) is 0 Å². The average Bonchev–Trinajstić information content (AvgIpc) is 2.50. The zero-order chi connectivity index (χ0) is 13.4. The van der Waals surface area contributed by atoms with Crippen molar-refractivity contribution in [1.29, 1.82) is 0 Å². The lowest BCUT2D eigenvalue weighted by molar-refractivity contribution is 0.00578. The first-order valence-corrected chi connectivity index (χ1v) is 6.52. The van der Waals surface area contributed by atoms with Crippen molar-refractivity contribution < 1.29 is 9.31 Å². The normalized spacial score (nSPS) is 21.7. The van der Waals surface area contributed by atoms with Crippen LogP contribution in [0.15, 0.2) is 29.8 Å². The van der Waals surface area contributed by atoms with E-state index in [1.54, 1.807) is 0 Å². The van der Waals surface area contributed by atoms with Crippen molar-refractivity contribution in [2.45, 2.75) is 38.9 Å². The fourth-order valence-corrected chi connectivity index (χ4v) is 1.96. The Kier molecular flexibility index (Phi) is 3.59. The van der Waals surface area contributed by atoms with E-state index in [1.807, 2.05) is 30.3 Å². The van der Waals surface area contributed by atoms with Gasteiger partial charge in [0, 0.05) is 5.54 Å². The first kappa shape index (κ1) is 13.7. The Morgan fingerprint density at radius 3 is 1.94 bits per heavy atom. The quantitative estimate of drug-likeness (QED) is 0.764. The Morgan fingerprint density at radius 2 is 1.50 bits per heavy atom. The molecule has 96 valence electrons. The molecule has 2 nitrogen and oxygen atoms in total. The van der Waals surface area contributed by atoms with Crippen LogP contribution in [0.5, 0.6) is 0 Å². The van der Waals surface area contributed by atoms with Gasteiger partial charge in [-0.1, -0.05) is 35.9 Å². The smallest absolute Gasteiger partial charge is 0.399 e. The van der Waals surface area contributed by atoms with Gasteiger partial charge in [0.2, 0.25) is 0 Å². The second-order valence-electron chi connectivity index (χ2n) is 5.55. The van der Waals surface area contributed by atoms with Gasteiger partial charge in [-0.25, -0.2) is 0 Å². The summed E-state index contributed by atoms with van der Waals surface area (Å²) in [4.78, 5) is 0. The van der Waals surface area contributed by atoms with E-state index >= 15 is 0 Å². The fraction of sp³-hybridized carbons (Fsp3) is 0.429. The van der Waals surface area contributed by atoms with Crippen LogP contribution in [0, 0.1) is 0 Å². The molecule has 0 aromatic heterocycles. The van der Waals surface area contributed by atoms with Crippen molar-refractivity contribution in [2.24, 2.45) is 0 Å². The Labute approximate surface area is 114 Å². The molecule has 0 unspecified atom stereocenters. The summed E-state index contributed by atoms with van der Waals surface area (Å²) in [5.41, 5.74) is 2.99. The Hall–Kier alpha value is -0.765. The fourth-order valence-electron chi connectivity index (χ4n) is 1.82. The molecule has 1 aliphatic rings. The van der Waals surface area contributed by atoms with E-state index in [4.69, 9.17) is 20.9 Å². The van der Waals surface area contributed by atoms with Gasteiger partial charge in [0.05, 0.1) is 11.2 Å². The summed E-state index contributed by atoms with van der Waals surface area (Å²) in [6.45, 7) is 8.21. The van der Waals surface area contributed by atoms with Gasteiger partial charge in [0.25, 0.3) is 0 Å². The highest BCUT2D eigenvalue weighted by molar-refractivity contribution is 6.62. The van der Waals surface area contributed by atoms with Crippen molar-refractivity contribution in [3.63, 3.8) is 0 Å². The van der Waals surface area contributed by atoms with Gasteiger partial charge in [0.15, 0.2) is 0 Å². The van der Waals surface area contributed by atoms with Crippen LogP contribution in [0.2, 0.25) is 0 Å². The van der Waals surface area contributed by atoms with Crippen LogP contribution in [-0.4, -0.2) is 18.3 Å². The van der Waals surface area contributed by atoms with E-state index in [0.717, 1.165) is 11.0 Å². The minimum atomic E-state index is -0.302. The van der Waals surface area contributed by atoms with Gasteiger partial charge in [-0.2, -0.15) is 0 Å². The molecule has 0 radical (unpaired) electrons. The maximum atomic E-state index is 5.98. The van der Waals surface area contributed by atoms with Crippen molar-refractivity contribution in [1.82, 2.24) is 0 Å². The minimum absolute atomic E-state index is 0.299. The predicted octanol–water partition coefficient (Wildman–Crippen LogP) is 3.20. The Morgan fingerprint density at radius 1 is 1.00 bits per heavy atom. The van der Waals surface area contributed by atoms with E-state index in [0.29, 0.717) is 0 Å². The zero-order valence-electron chi connectivity index (χ0n) is 11.2. The van der Waals surface area contributed by atoms with Gasteiger partial charge in [0.1, 0.15) is 0 Å². The lowest BCUT2D eigenvalue weighted by atomic mass is 9.79. The molecule has 1 saturated heterocycles. The SMILES string of the molecule is CC1(C)OB(c2ccc(/C=C/Cl)cc2)OC1(C)C. The number of hydrogen-bond acceptors (Lipinski definition) is 2. The van der Waals surface area contributed by atoms with E-state index in [2.05, 4.69) is 27.7 Å². The van der Waals surface area contributed by atoms with E-state index in [-0.39, 0.29) is 18.3 Å². The molecule has 1 aromatic rings. The van der Waals surface area contributed by atoms with Crippen LogP contribution in [0.25, 0.3) is 6.08 Å². The minimum Gasteiger partial charge on any atom is -0.399 e. The van der Waals surface area contributed by atoms with Gasteiger partial charge >= 0.3 is 7.12 Å². The molecular weight excluding hydrogens is 246 g/mol. The summed E-state index contributed by atoms with van der Waals surface area (Å²) in [6.07, 6.45) is 1.84. The summed E-state index contributed by atoms with van der Waals surface area (Å²) in [5, 5.41) is 0. The average molecular weight is 265 g/mol. The standard InChI is InChI=1S/C14H18BClO2/c1-13(2)14(3,4)18-15(17-13)12-7-5-11(6-8-12)9-10-16/h5-10H,1-4H3/b10-9+. The Balaban J connectivity index is 2.19. The molecule has 0 N–H and O–H groups in total. The molecule has 0 saturated carbocycles. The highest BCUT2D eigenvalue weighted by Gasteiger charge is 2.51. The first-order chi connectivity index (χ1) is 8.36. The van der Waals surface area contributed by atoms with Crippen LogP contribution < -0.4 is 5.46 Å². The lowest BCUT2D eigenvalue weighted by Gasteiger charge is -2.32. The van der Waals surface area contributed by atoms with Crippen molar-refractivity contribution in [3.05, 3.63) is 35.4 Å². The van der Waals surface area contributed by atoms with E-state index in [9.17, 15) is 0 Å². The third-order valence-electron chi connectivity index (χ3n) is 3.72. The van der Waals surface area contributed by atoms with Crippen molar-refractivity contribution in [2.75, 3.05) is 0 Å². The summed E-state index contributed by atoms with van der Waals surface area (Å²) < 4.78 is 12.0. The van der Waals surface area contributed by atoms with E-state index in [1.165, 1.54) is 5.54 Å². The number of benzene rings is 1. The molecule has 1 aromatic carbocycles. The molecule has 0 bridgehead atoms. The van der Waals surface area contributed by atoms with Gasteiger partial charge < -0.3 is 9.31 Å². The third-order valence-corrected chi connectivity index (χ3v) is 3.84. The van der Waals surface area contributed by atoms with Crippen LogP contribution in [0.1, 0.15) is 33.3 Å². The topological polar surface area (TPSA) is 18.5 Å². The van der Waals surface area contributed by atoms with Gasteiger partial charge in [-0.05, 0) is 44.8 Å². The summed E-state index contributed by atoms with van der Waals surface area (Å²) in [6, 6.07) is 8.02. The molecule has 1 aliphatic heterocycles. The Bertz CT molecular complexity index is 435. The molecule has 0 amide bonds. The molecule has 4 heteroatoms. The maximum Gasteiger partial charge on any atom is 0.494 e. The lowest BCUT2D eigenvalue weighted by Crippen LogP contribution is -2.41. The van der Waals surface area contributed by atoms with Crippen molar-refractivity contribution >= 4 is 30.3 Å². The zero-order valence-corrected chi connectivity index (χ0v) is 12.0. The summed E-state index contributed by atoms with van der Waals surface area (Å²) in [5.74, 6) is 0. The number of halogens is 1. The second-order valence-corrected chi connectivity index (χ2v) is 5.80. The highest BCUT2D eigenvalue weighted by Crippen LogP contribution is 2.36. The van der Waals surface area contributed by atoms with Gasteiger partial charge in [-0.15, -0.1) is 0 Å². The predicted molar refractivity (Wildman–Crippen MR) is 77.0 cm³/mol. The molecule has 0 spiro atoms. The second kappa shape index (κ2) is 4.73. The van der Waals surface area contributed by atoms with Crippen LogP contribution in [0.3, 0.4) is 0 Å². The summed E-state index contributed by atoms with van der Waals surface area (Å²) >= 11 is 5.55. The molecule has 1 fully saturated rings. The molecule has 0 aliphatic carbocycles. The first-order valence-electron chi connectivity index (χ1n) is 6.08. The molecule has 18 heavy (non-hydrogen) atoms. The molecular formula is C14H18BClO2. The number of hydrogen-bond donors (Lipinski definition) is 0. The number of rotatable bonds is 2.